The highest BCUT2D eigenvalue weighted by atomic mass is 16.5. The van der Waals surface area contributed by atoms with Gasteiger partial charge in [0.2, 0.25) is 0 Å². The predicted molar refractivity (Wildman–Crippen MR) is 47.6 cm³/mol. The Balaban J connectivity index is 2.70. The SMILES string of the molecule is CCOC1C(C)C(=NO)C1(C)C. The Morgan fingerprint density at radius 1 is 1.58 bits per heavy atom. The number of rotatable bonds is 2. The molecule has 2 unspecified atom stereocenters. The van der Waals surface area contributed by atoms with Crippen LogP contribution in [-0.4, -0.2) is 23.6 Å². The van der Waals surface area contributed by atoms with Crippen molar-refractivity contribution in [1.82, 2.24) is 0 Å². The molecule has 0 aromatic rings. The smallest absolute Gasteiger partial charge is 0.0758 e. The lowest BCUT2D eigenvalue weighted by Crippen LogP contribution is -2.58. The molecule has 0 spiro atoms. The molecule has 12 heavy (non-hydrogen) atoms. The van der Waals surface area contributed by atoms with Crippen molar-refractivity contribution in [3.8, 4) is 0 Å². The second-order valence-electron chi connectivity index (χ2n) is 3.87. The van der Waals surface area contributed by atoms with E-state index in [1.165, 1.54) is 0 Å². The van der Waals surface area contributed by atoms with E-state index in [-0.39, 0.29) is 17.4 Å². The fourth-order valence-corrected chi connectivity index (χ4v) is 2.16. The van der Waals surface area contributed by atoms with Crippen molar-refractivity contribution in [2.75, 3.05) is 6.61 Å². The lowest BCUT2D eigenvalue weighted by molar-refractivity contribution is -0.0465. The van der Waals surface area contributed by atoms with Gasteiger partial charge in [-0.15, -0.1) is 0 Å². The van der Waals surface area contributed by atoms with E-state index in [4.69, 9.17) is 9.94 Å². The fraction of sp³-hybridized carbons (Fsp3) is 0.889. The molecular formula is C9H17NO2. The molecule has 1 aliphatic carbocycles. The fourth-order valence-electron chi connectivity index (χ4n) is 2.16. The molecule has 1 N–H and O–H groups in total. The zero-order valence-corrected chi connectivity index (χ0v) is 8.16. The minimum atomic E-state index is -0.0931. The summed E-state index contributed by atoms with van der Waals surface area (Å²) < 4.78 is 5.55. The molecule has 2 atom stereocenters. The Morgan fingerprint density at radius 3 is 2.50 bits per heavy atom. The minimum Gasteiger partial charge on any atom is -0.411 e. The first kappa shape index (κ1) is 9.52. The summed E-state index contributed by atoms with van der Waals surface area (Å²) in [4.78, 5) is 0. The molecule has 0 bridgehead atoms. The summed E-state index contributed by atoms with van der Waals surface area (Å²) in [5.74, 6) is 0.255. The topological polar surface area (TPSA) is 41.8 Å². The third-order valence-electron chi connectivity index (χ3n) is 2.71. The number of nitrogens with zero attached hydrogens (tertiary/aromatic N) is 1. The van der Waals surface area contributed by atoms with Crippen LogP contribution in [0.2, 0.25) is 0 Å². The predicted octanol–water partition coefficient (Wildman–Crippen LogP) is 1.90. The van der Waals surface area contributed by atoms with Gasteiger partial charge in [-0.3, -0.25) is 0 Å². The number of hydrogen-bond acceptors (Lipinski definition) is 3. The van der Waals surface area contributed by atoms with Crippen molar-refractivity contribution < 1.29 is 9.94 Å². The normalized spacial score (nSPS) is 36.5. The van der Waals surface area contributed by atoms with Crippen LogP contribution in [0.1, 0.15) is 27.7 Å². The molecule has 1 rings (SSSR count). The number of ether oxygens (including phenoxy) is 1. The molecule has 0 aliphatic heterocycles. The Morgan fingerprint density at radius 2 is 2.17 bits per heavy atom. The van der Waals surface area contributed by atoms with Gasteiger partial charge in [-0.1, -0.05) is 25.9 Å². The van der Waals surface area contributed by atoms with Gasteiger partial charge in [-0.2, -0.15) is 0 Å². The summed E-state index contributed by atoms with van der Waals surface area (Å²) in [7, 11) is 0. The summed E-state index contributed by atoms with van der Waals surface area (Å²) in [6.45, 7) is 8.82. The molecule has 0 radical (unpaired) electrons. The van der Waals surface area contributed by atoms with E-state index in [1.807, 2.05) is 27.7 Å². The monoisotopic (exact) mass is 171 g/mol. The van der Waals surface area contributed by atoms with Gasteiger partial charge in [0.1, 0.15) is 0 Å². The molecule has 70 valence electrons. The van der Waals surface area contributed by atoms with Gasteiger partial charge in [0.25, 0.3) is 0 Å². The van der Waals surface area contributed by atoms with Crippen molar-refractivity contribution in [1.29, 1.82) is 0 Å². The van der Waals surface area contributed by atoms with Crippen LogP contribution in [0.25, 0.3) is 0 Å². The molecule has 3 heteroatoms. The summed E-state index contributed by atoms with van der Waals surface area (Å²) in [6.07, 6.45) is 0.202. The molecule has 0 amide bonds. The largest absolute Gasteiger partial charge is 0.411 e. The Labute approximate surface area is 73.4 Å². The van der Waals surface area contributed by atoms with E-state index < -0.39 is 0 Å². The van der Waals surface area contributed by atoms with Crippen molar-refractivity contribution in [3.05, 3.63) is 0 Å². The maximum absolute atomic E-state index is 8.71. The van der Waals surface area contributed by atoms with Crippen LogP contribution in [0.3, 0.4) is 0 Å². The molecule has 1 saturated carbocycles. The van der Waals surface area contributed by atoms with E-state index in [0.29, 0.717) is 0 Å². The van der Waals surface area contributed by atoms with Crippen LogP contribution in [0.4, 0.5) is 0 Å². The summed E-state index contributed by atoms with van der Waals surface area (Å²) >= 11 is 0. The molecule has 1 aliphatic rings. The maximum Gasteiger partial charge on any atom is 0.0758 e. The standard InChI is InChI=1S/C9H17NO2/c1-5-12-8-6(2)7(10-11)9(8,3)4/h6,8,11H,5H2,1-4H3. The van der Waals surface area contributed by atoms with Crippen LogP contribution in [-0.2, 0) is 4.74 Å². The number of oxime groups is 1. The van der Waals surface area contributed by atoms with Gasteiger partial charge < -0.3 is 9.94 Å². The molecule has 0 heterocycles. The van der Waals surface area contributed by atoms with Crippen LogP contribution < -0.4 is 0 Å². The van der Waals surface area contributed by atoms with Crippen molar-refractivity contribution in [3.63, 3.8) is 0 Å². The molecule has 3 nitrogen and oxygen atoms in total. The first-order valence-corrected chi connectivity index (χ1v) is 4.39. The van der Waals surface area contributed by atoms with E-state index in [0.717, 1.165) is 12.3 Å². The average Bonchev–Trinajstić information content (AvgIpc) is 2.00. The Kier molecular flexibility index (Phi) is 2.42. The third-order valence-corrected chi connectivity index (χ3v) is 2.71. The van der Waals surface area contributed by atoms with Crippen molar-refractivity contribution in [2.24, 2.45) is 16.5 Å². The number of hydrogen-bond donors (Lipinski definition) is 1. The van der Waals surface area contributed by atoms with Gasteiger partial charge in [0, 0.05) is 17.9 Å². The summed E-state index contributed by atoms with van der Waals surface area (Å²) in [5, 5.41) is 12.0. The van der Waals surface area contributed by atoms with Crippen LogP contribution in [0.15, 0.2) is 5.16 Å². The van der Waals surface area contributed by atoms with Gasteiger partial charge in [-0.25, -0.2) is 0 Å². The Bertz CT molecular complexity index is 199. The second-order valence-corrected chi connectivity index (χ2v) is 3.87. The summed E-state index contributed by atoms with van der Waals surface area (Å²) in [5.41, 5.74) is 0.755. The van der Waals surface area contributed by atoms with Gasteiger partial charge >= 0.3 is 0 Å². The van der Waals surface area contributed by atoms with E-state index in [9.17, 15) is 0 Å². The van der Waals surface area contributed by atoms with Crippen molar-refractivity contribution in [2.45, 2.75) is 33.8 Å². The highest BCUT2D eigenvalue weighted by molar-refractivity contribution is 5.98. The average molecular weight is 171 g/mol. The highest BCUT2D eigenvalue weighted by Gasteiger charge is 2.52. The first-order valence-electron chi connectivity index (χ1n) is 4.39. The zero-order chi connectivity index (χ0) is 9.35. The van der Waals surface area contributed by atoms with E-state index in [1.54, 1.807) is 0 Å². The third kappa shape index (κ3) is 1.12. The first-order chi connectivity index (χ1) is 5.55. The second kappa shape index (κ2) is 3.05. The minimum absolute atomic E-state index is 0.0931. The highest BCUT2D eigenvalue weighted by Crippen LogP contribution is 2.44. The molecule has 0 aromatic carbocycles. The van der Waals surface area contributed by atoms with Crippen LogP contribution in [0.5, 0.6) is 0 Å². The summed E-state index contributed by atoms with van der Waals surface area (Å²) in [6, 6.07) is 0. The van der Waals surface area contributed by atoms with E-state index >= 15 is 0 Å². The molecule has 1 fully saturated rings. The molecule has 0 aromatic heterocycles. The quantitative estimate of drug-likeness (QED) is 0.509. The zero-order valence-electron chi connectivity index (χ0n) is 8.16. The lowest BCUT2D eigenvalue weighted by atomic mass is 9.60. The van der Waals surface area contributed by atoms with Gasteiger partial charge in [-0.05, 0) is 6.92 Å². The lowest BCUT2D eigenvalue weighted by Gasteiger charge is -2.49. The van der Waals surface area contributed by atoms with E-state index in [2.05, 4.69) is 5.16 Å². The van der Waals surface area contributed by atoms with Crippen LogP contribution in [0, 0.1) is 11.3 Å². The van der Waals surface area contributed by atoms with Crippen LogP contribution >= 0.6 is 0 Å². The van der Waals surface area contributed by atoms with Gasteiger partial charge in [0.15, 0.2) is 0 Å². The van der Waals surface area contributed by atoms with Gasteiger partial charge in [0.05, 0.1) is 11.8 Å². The van der Waals surface area contributed by atoms with Crippen molar-refractivity contribution >= 4 is 5.71 Å². The Hall–Kier alpha value is -0.570. The molecule has 0 saturated heterocycles. The maximum atomic E-state index is 8.71. The molecular weight excluding hydrogens is 154 g/mol.